The molecule has 4 aromatic carbocycles. The lowest BCUT2D eigenvalue weighted by Crippen LogP contribution is -2.32. The molecular formula is C37H43N3O2S. The third kappa shape index (κ3) is 6.80. The molecule has 0 amide bonds. The Morgan fingerprint density at radius 2 is 1.51 bits per heavy atom. The van der Waals surface area contributed by atoms with E-state index in [1.54, 1.807) is 0 Å². The van der Waals surface area contributed by atoms with Crippen LogP contribution in [0, 0.1) is 0 Å². The van der Waals surface area contributed by atoms with E-state index >= 15 is 0 Å². The Labute approximate surface area is 256 Å². The first kappa shape index (κ1) is 29.4. The summed E-state index contributed by atoms with van der Waals surface area (Å²) in [7, 11) is -3.06. The summed E-state index contributed by atoms with van der Waals surface area (Å²) in [6.45, 7) is 3.30. The van der Waals surface area contributed by atoms with Crippen molar-refractivity contribution >= 4 is 54.3 Å². The Bertz CT molecular complexity index is 1840. The standard InChI is InChI=1S/C37H43N3O2S/c1-2-3-4-5-6-7-8-13-23-39-36-17-12-11-16-34(36)35-25-29(18-21-37(35)39)27-38-40(33-22-24-43(41,42)28-33)32-20-19-30-14-9-10-15-31(30)26-32/h9-12,14-21,25-27,33H,2-8,13,22-24,28H2,1H3/b38-27-. The summed E-state index contributed by atoms with van der Waals surface area (Å²) in [6.07, 6.45) is 13.0. The van der Waals surface area contributed by atoms with E-state index in [0.29, 0.717) is 6.42 Å². The number of benzene rings is 4. The molecule has 0 N–H and O–H groups in total. The smallest absolute Gasteiger partial charge is 0.152 e. The summed E-state index contributed by atoms with van der Waals surface area (Å²) in [4.78, 5) is 0. The third-order valence-electron chi connectivity index (χ3n) is 8.91. The van der Waals surface area contributed by atoms with Crippen LogP contribution in [0.2, 0.25) is 0 Å². The van der Waals surface area contributed by atoms with E-state index in [1.165, 1.54) is 73.2 Å². The quantitative estimate of drug-likeness (QED) is 0.0777. The molecule has 0 aliphatic carbocycles. The predicted molar refractivity (Wildman–Crippen MR) is 183 cm³/mol. The number of nitrogens with zero attached hydrogens (tertiary/aromatic N) is 3. The van der Waals surface area contributed by atoms with Crippen LogP contribution in [0.15, 0.2) is 90.0 Å². The fraction of sp³-hybridized carbons (Fsp3) is 0.378. The molecule has 1 fully saturated rings. The van der Waals surface area contributed by atoms with E-state index < -0.39 is 9.84 Å². The monoisotopic (exact) mass is 593 g/mol. The van der Waals surface area contributed by atoms with E-state index in [9.17, 15) is 8.42 Å². The molecule has 1 aliphatic heterocycles. The van der Waals surface area contributed by atoms with Gasteiger partial charge in [-0.3, -0.25) is 5.01 Å². The SMILES string of the molecule is CCCCCCCCCCn1c2ccccc2c2cc(/C=N\N(c3ccc4ccccc4c3)C3CCS(=O)(=O)C3)ccc21. The number of rotatable bonds is 13. The molecule has 0 bridgehead atoms. The van der Waals surface area contributed by atoms with E-state index in [1.807, 2.05) is 29.4 Å². The summed E-state index contributed by atoms with van der Waals surface area (Å²) in [5, 5.41) is 11.6. The first-order valence-electron chi connectivity index (χ1n) is 16.1. The molecule has 0 radical (unpaired) electrons. The lowest BCUT2D eigenvalue weighted by atomic mass is 10.1. The second-order valence-electron chi connectivity index (χ2n) is 12.1. The van der Waals surface area contributed by atoms with Crippen LogP contribution in [0.4, 0.5) is 5.69 Å². The fourth-order valence-electron chi connectivity index (χ4n) is 6.58. The zero-order chi connectivity index (χ0) is 29.6. The second-order valence-corrected chi connectivity index (χ2v) is 14.3. The van der Waals surface area contributed by atoms with Crippen LogP contribution in [0.3, 0.4) is 0 Å². The van der Waals surface area contributed by atoms with Crippen molar-refractivity contribution in [3.05, 3.63) is 90.5 Å². The molecule has 5 aromatic rings. The Morgan fingerprint density at radius 1 is 0.791 bits per heavy atom. The minimum absolute atomic E-state index is 0.127. The van der Waals surface area contributed by atoms with E-state index in [-0.39, 0.29) is 17.5 Å². The Hall–Kier alpha value is -3.64. The molecule has 1 atom stereocenters. The Kier molecular flexibility index (Phi) is 9.13. The van der Waals surface area contributed by atoms with Gasteiger partial charge in [0, 0.05) is 28.4 Å². The maximum atomic E-state index is 12.4. The highest BCUT2D eigenvalue weighted by Crippen LogP contribution is 2.31. The maximum absolute atomic E-state index is 12.4. The highest BCUT2D eigenvalue weighted by atomic mass is 32.2. The molecule has 2 heterocycles. The number of unbranched alkanes of at least 4 members (excludes halogenated alkanes) is 7. The van der Waals surface area contributed by atoms with Crippen molar-refractivity contribution in [2.75, 3.05) is 16.5 Å². The fourth-order valence-corrected chi connectivity index (χ4v) is 8.28. The van der Waals surface area contributed by atoms with Crippen LogP contribution < -0.4 is 5.01 Å². The van der Waals surface area contributed by atoms with Crippen molar-refractivity contribution in [2.24, 2.45) is 5.10 Å². The van der Waals surface area contributed by atoms with Gasteiger partial charge in [0.1, 0.15) is 0 Å². The number of fused-ring (bicyclic) bond motifs is 4. The van der Waals surface area contributed by atoms with Gasteiger partial charge in [-0.2, -0.15) is 5.10 Å². The van der Waals surface area contributed by atoms with Crippen LogP contribution in [0.25, 0.3) is 32.6 Å². The minimum atomic E-state index is -3.06. The highest BCUT2D eigenvalue weighted by molar-refractivity contribution is 7.91. The summed E-state index contributed by atoms with van der Waals surface area (Å²) in [5.74, 6) is 0.337. The number of hydrogen-bond donors (Lipinski definition) is 0. The van der Waals surface area contributed by atoms with Crippen LogP contribution >= 0.6 is 0 Å². The molecule has 1 aliphatic rings. The van der Waals surface area contributed by atoms with Gasteiger partial charge in [0.2, 0.25) is 0 Å². The van der Waals surface area contributed by atoms with E-state index in [0.717, 1.165) is 28.6 Å². The first-order chi connectivity index (χ1) is 21.0. The zero-order valence-electron chi connectivity index (χ0n) is 25.3. The number of para-hydroxylation sites is 1. The van der Waals surface area contributed by atoms with Gasteiger partial charge in [-0.1, -0.05) is 106 Å². The normalized spacial score (nSPS) is 16.6. The van der Waals surface area contributed by atoms with Crippen LogP contribution in [0.1, 0.15) is 70.3 Å². The average molecular weight is 594 g/mol. The molecule has 224 valence electrons. The lowest BCUT2D eigenvalue weighted by Gasteiger charge is -2.25. The van der Waals surface area contributed by atoms with Gasteiger partial charge in [0.15, 0.2) is 9.84 Å². The van der Waals surface area contributed by atoms with Gasteiger partial charge in [-0.25, -0.2) is 8.42 Å². The molecule has 0 spiro atoms. The summed E-state index contributed by atoms with van der Waals surface area (Å²) in [6, 6.07) is 29.6. The number of aromatic nitrogens is 1. The van der Waals surface area contributed by atoms with Crippen LogP contribution in [-0.2, 0) is 16.4 Å². The van der Waals surface area contributed by atoms with Crippen molar-refractivity contribution in [1.82, 2.24) is 4.57 Å². The molecular weight excluding hydrogens is 550 g/mol. The predicted octanol–water partition coefficient (Wildman–Crippen LogP) is 9.12. The highest BCUT2D eigenvalue weighted by Gasteiger charge is 2.32. The summed E-state index contributed by atoms with van der Waals surface area (Å²) < 4.78 is 27.3. The lowest BCUT2D eigenvalue weighted by molar-refractivity contribution is 0.553. The number of hydrogen-bond acceptors (Lipinski definition) is 4. The van der Waals surface area contributed by atoms with Crippen LogP contribution in [-0.4, -0.2) is 36.7 Å². The molecule has 6 rings (SSSR count). The van der Waals surface area contributed by atoms with Gasteiger partial charge in [-0.15, -0.1) is 0 Å². The minimum Gasteiger partial charge on any atom is -0.340 e. The number of sulfone groups is 1. The molecule has 1 aromatic heterocycles. The Balaban J connectivity index is 1.25. The van der Waals surface area contributed by atoms with Gasteiger partial charge >= 0.3 is 0 Å². The molecule has 6 heteroatoms. The van der Waals surface area contributed by atoms with Crippen LogP contribution in [0.5, 0.6) is 0 Å². The van der Waals surface area contributed by atoms with Gasteiger partial charge in [-0.05, 0) is 59.5 Å². The molecule has 43 heavy (non-hydrogen) atoms. The molecule has 1 saturated heterocycles. The molecule has 5 nitrogen and oxygen atoms in total. The first-order valence-corrected chi connectivity index (χ1v) is 17.9. The van der Waals surface area contributed by atoms with Crippen molar-refractivity contribution in [2.45, 2.75) is 77.3 Å². The summed E-state index contributed by atoms with van der Waals surface area (Å²) in [5.41, 5.74) is 4.47. The summed E-state index contributed by atoms with van der Waals surface area (Å²) >= 11 is 0. The van der Waals surface area contributed by atoms with Crippen molar-refractivity contribution in [1.29, 1.82) is 0 Å². The topological polar surface area (TPSA) is 54.7 Å². The molecule has 0 saturated carbocycles. The third-order valence-corrected chi connectivity index (χ3v) is 10.7. The van der Waals surface area contributed by atoms with Crippen molar-refractivity contribution in [3.63, 3.8) is 0 Å². The van der Waals surface area contributed by atoms with E-state index in [2.05, 4.69) is 78.2 Å². The van der Waals surface area contributed by atoms with Gasteiger partial charge < -0.3 is 4.57 Å². The largest absolute Gasteiger partial charge is 0.340 e. The Morgan fingerprint density at radius 3 is 2.30 bits per heavy atom. The van der Waals surface area contributed by atoms with Gasteiger partial charge in [0.25, 0.3) is 0 Å². The van der Waals surface area contributed by atoms with E-state index in [4.69, 9.17) is 5.10 Å². The van der Waals surface area contributed by atoms with Crippen molar-refractivity contribution < 1.29 is 8.42 Å². The second kappa shape index (κ2) is 13.3. The zero-order valence-corrected chi connectivity index (χ0v) is 26.1. The number of aryl methyl sites for hydroxylation is 1. The number of anilines is 1. The molecule has 1 unspecified atom stereocenters. The number of hydrazone groups is 1. The van der Waals surface area contributed by atoms with Gasteiger partial charge in [0.05, 0.1) is 29.4 Å². The van der Waals surface area contributed by atoms with Crippen molar-refractivity contribution in [3.8, 4) is 0 Å². The average Bonchev–Trinajstić information content (AvgIpc) is 3.54. The maximum Gasteiger partial charge on any atom is 0.152 e.